The first-order valence-corrected chi connectivity index (χ1v) is 22.6. The number of hydrogen-bond acceptors (Lipinski definition) is 11. The lowest BCUT2D eigenvalue weighted by Gasteiger charge is -2.33. The third kappa shape index (κ3) is 8.30. The Morgan fingerprint density at radius 3 is 2.46 bits per heavy atom. The molecule has 1 aromatic carbocycles. The number of pyridine rings is 1. The highest BCUT2D eigenvalue weighted by Crippen LogP contribution is 2.52. The van der Waals surface area contributed by atoms with E-state index in [0.717, 1.165) is 24.6 Å². The Bertz CT molecular complexity index is 2150. The summed E-state index contributed by atoms with van der Waals surface area (Å²) in [5.41, 5.74) is -1.53. The minimum atomic E-state index is -4.00. The van der Waals surface area contributed by atoms with Crippen molar-refractivity contribution in [2.45, 2.75) is 120 Å². The van der Waals surface area contributed by atoms with E-state index in [0.29, 0.717) is 60.4 Å². The molecule has 0 unspecified atom stereocenters. The van der Waals surface area contributed by atoms with E-state index in [1.807, 2.05) is 62.3 Å². The maximum absolute atomic E-state index is 15.0. The molecule has 1 aromatic heterocycles. The number of anilines is 1. The number of alkyl carbamates (subject to hydrolysis) is 1. The van der Waals surface area contributed by atoms with Gasteiger partial charge in [0, 0.05) is 31.8 Å². The molecule has 320 valence electrons. The highest BCUT2D eigenvalue weighted by Gasteiger charge is 2.63. The maximum atomic E-state index is 15.0. The van der Waals surface area contributed by atoms with Crippen molar-refractivity contribution < 1.29 is 41.8 Å². The zero-order valence-electron chi connectivity index (χ0n) is 34.9. The van der Waals surface area contributed by atoms with E-state index in [1.165, 1.54) is 11.3 Å². The number of carbonyl (C=O) groups excluding carboxylic acids is 4. The van der Waals surface area contributed by atoms with Gasteiger partial charge in [-0.15, -0.1) is 0 Å². The molecular formula is C43H58N6O9S. The number of benzene rings is 1. The number of fused-ring (bicyclic) bond motifs is 4. The van der Waals surface area contributed by atoms with Crippen molar-refractivity contribution in [3.63, 3.8) is 0 Å². The highest BCUT2D eigenvalue weighted by molar-refractivity contribution is 7.91. The van der Waals surface area contributed by atoms with Crippen molar-refractivity contribution in [3.8, 4) is 11.6 Å². The third-order valence-electron chi connectivity index (χ3n) is 13.7. The molecule has 16 heteroatoms. The average molecular weight is 835 g/mol. The molecule has 0 bridgehead atoms. The van der Waals surface area contributed by atoms with Crippen LogP contribution in [-0.4, -0.2) is 104 Å². The molecule has 15 nitrogen and oxygen atoms in total. The molecule has 5 fully saturated rings. The zero-order chi connectivity index (χ0) is 42.0. The highest BCUT2D eigenvalue weighted by atomic mass is 32.2. The van der Waals surface area contributed by atoms with Crippen molar-refractivity contribution >= 4 is 50.4 Å². The molecule has 4 aliphatic carbocycles. The van der Waals surface area contributed by atoms with Crippen LogP contribution in [0, 0.1) is 29.6 Å². The molecule has 0 radical (unpaired) electrons. The monoisotopic (exact) mass is 834 g/mol. The van der Waals surface area contributed by atoms with Crippen molar-refractivity contribution in [1.82, 2.24) is 25.2 Å². The summed E-state index contributed by atoms with van der Waals surface area (Å²) in [6.45, 7) is 5.62. The molecule has 6 aliphatic rings. The first kappa shape index (κ1) is 41.1. The van der Waals surface area contributed by atoms with Gasteiger partial charge >= 0.3 is 6.09 Å². The van der Waals surface area contributed by atoms with Gasteiger partial charge in [0.05, 0.1) is 18.4 Å². The molecular weight excluding hydrogens is 777 g/mol. The van der Waals surface area contributed by atoms with E-state index < -0.39 is 68.2 Å². The molecule has 2 aromatic rings. The topological polar surface area (TPSA) is 186 Å². The van der Waals surface area contributed by atoms with E-state index in [2.05, 4.69) is 22.3 Å². The third-order valence-corrected chi connectivity index (χ3v) is 15.9. The van der Waals surface area contributed by atoms with Crippen LogP contribution in [0.4, 0.5) is 10.6 Å². The largest absolute Gasteiger partial charge is 0.497 e. The number of rotatable bonds is 9. The number of sulfonamides is 1. The van der Waals surface area contributed by atoms with Crippen LogP contribution in [0.5, 0.6) is 11.6 Å². The summed E-state index contributed by atoms with van der Waals surface area (Å²) in [5, 5.41) is 7.39. The Morgan fingerprint density at radius 1 is 1.02 bits per heavy atom. The quantitative estimate of drug-likeness (QED) is 0.304. The second kappa shape index (κ2) is 15.5. The molecule has 4 amide bonds. The second-order valence-electron chi connectivity index (χ2n) is 18.6. The van der Waals surface area contributed by atoms with Crippen molar-refractivity contribution in [1.29, 1.82) is 0 Å². The number of nitrogens with one attached hydrogen (secondary N) is 3. The Morgan fingerprint density at radius 2 is 1.76 bits per heavy atom. The van der Waals surface area contributed by atoms with Gasteiger partial charge in [-0.05, 0) is 118 Å². The summed E-state index contributed by atoms with van der Waals surface area (Å²) in [6.07, 6.45) is 8.34. The smallest absolute Gasteiger partial charge is 0.408 e. The number of carbonyl (C=O) groups is 4. The van der Waals surface area contributed by atoms with Gasteiger partial charge in [-0.1, -0.05) is 26.0 Å². The molecule has 10 atom stereocenters. The Kier molecular flexibility index (Phi) is 10.8. The molecule has 2 aliphatic heterocycles. The number of aromatic nitrogens is 1. The standard InChI is InChI=1S/C43H58N6O9S/c1-24-9-7-8-10-29-22-43(29,40(52)47-59(54,55)42(3)13-14-42)46-37(50)34-21-32(57-38-33-12-11-30(56-6)19-28(33)20-35(44-38)48(4)5)23-49(34)39(51)36(25(2)15-24)45-41(53)58-31-17-26-16-27(26)18-31/h8,10-12,19-20,24-27,29,31-32,34,36H,7,9,13-18,21-23H2,1-6H3,(H,45,53)(H,46,50)(H,47,52)/b10-8-/t24-,25-,26-,27+,29-,31+,32-,34+,36+,43-/m1/s1. The van der Waals surface area contributed by atoms with E-state index in [-0.39, 0.29) is 37.3 Å². The van der Waals surface area contributed by atoms with Gasteiger partial charge in [0.25, 0.3) is 5.91 Å². The lowest BCUT2D eigenvalue weighted by atomic mass is 9.88. The van der Waals surface area contributed by atoms with Crippen molar-refractivity contribution in [3.05, 3.63) is 36.4 Å². The lowest BCUT2D eigenvalue weighted by Crippen LogP contribution is -2.59. The van der Waals surface area contributed by atoms with Gasteiger partial charge in [0.1, 0.15) is 41.4 Å². The van der Waals surface area contributed by atoms with Crippen molar-refractivity contribution in [2.24, 2.45) is 29.6 Å². The minimum absolute atomic E-state index is 0.0147. The summed E-state index contributed by atoms with van der Waals surface area (Å²) in [4.78, 5) is 65.3. The minimum Gasteiger partial charge on any atom is -0.497 e. The molecule has 59 heavy (non-hydrogen) atoms. The van der Waals surface area contributed by atoms with Crippen LogP contribution in [0.1, 0.15) is 85.0 Å². The number of methoxy groups -OCH3 is 1. The maximum Gasteiger partial charge on any atom is 0.408 e. The molecule has 1 saturated heterocycles. The summed E-state index contributed by atoms with van der Waals surface area (Å²) in [6, 6.07) is 5.32. The first-order valence-electron chi connectivity index (χ1n) is 21.1. The number of allylic oxidation sites excluding steroid dienone is 1. The molecule has 8 rings (SSSR count). The SMILES string of the molecule is COc1ccc2c(O[C@@H]3C[C@H]4C(=O)N[C@]5(C(=O)NS(=O)(=O)C6(C)CC6)C[C@H]5/C=C\CC[C@@H](C)C[C@@H](C)[C@H](NC(=O)O[C@@H]5C[C@@H]6C[C@@H]6C5)C(=O)N4C3)nc(N(C)C)cc2c1. The van der Waals surface area contributed by atoms with Gasteiger partial charge in [0.2, 0.25) is 27.7 Å². The van der Waals surface area contributed by atoms with Crippen LogP contribution in [0.15, 0.2) is 36.4 Å². The summed E-state index contributed by atoms with van der Waals surface area (Å²) < 4.78 is 45.8. The van der Waals surface area contributed by atoms with E-state index in [4.69, 9.17) is 19.2 Å². The normalized spacial score (nSPS) is 34.1. The Hall–Kier alpha value is -4.60. The van der Waals surface area contributed by atoms with Crippen LogP contribution >= 0.6 is 0 Å². The lowest BCUT2D eigenvalue weighted by molar-refractivity contribution is -0.142. The zero-order valence-corrected chi connectivity index (χ0v) is 35.7. The average Bonchev–Trinajstić information content (AvgIpc) is 4.14. The fraction of sp³-hybridized carbons (Fsp3) is 0.651. The summed E-state index contributed by atoms with van der Waals surface area (Å²) >= 11 is 0. The van der Waals surface area contributed by atoms with Gasteiger partial charge in [-0.25, -0.2) is 13.2 Å². The van der Waals surface area contributed by atoms with E-state index >= 15 is 4.79 Å². The van der Waals surface area contributed by atoms with Crippen LogP contribution in [0.2, 0.25) is 0 Å². The Balaban J connectivity index is 1.12. The first-order chi connectivity index (χ1) is 28.0. The molecule has 4 saturated carbocycles. The molecule has 0 spiro atoms. The fourth-order valence-corrected chi connectivity index (χ4v) is 10.8. The number of ether oxygens (including phenoxy) is 3. The number of amides is 4. The van der Waals surface area contributed by atoms with Gasteiger partial charge < -0.3 is 34.6 Å². The van der Waals surface area contributed by atoms with Crippen molar-refractivity contribution in [2.75, 3.05) is 32.6 Å². The second-order valence-corrected chi connectivity index (χ2v) is 20.8. The van der Waals surface area contributed by atoms with Gasteiger partial charge in [0.15, 0.2) is 0 Å². The van der Waals surface area contributed by atoms with E-state index in [9.17, 15) is 22.8 Å². The summed E-state index contributed by atoms with van der Waals surface area (Å²) in [5.74, 6) is 0.326. The van der Waals surface area contributed by atoms with Crippen LogP contribution in [0.25, 0.3) is 10.8 Å². The van der Waals surface area contributed by atoms with Gasteiger partial charge in [-0.3, -0.25) is 19.1 Å². The summed E-state index contributed by atoms with van der Waals surface area (Å²) in [7, 11) is 1.32. The fourth-order valence-electron chi connectivity index (χ4n) is 9.46. The number of nitrogens with zero attached hydrogens (tertiary/aromatic N) is 3. The van der Waals surface area contributed by atoms with Gasteiger partial charge in [-0.2, -0.15) is 4.98 Å². The number of hydrogen-bond donors (Lipinski definition) is 3. The predicted octanol–water partition coefficient (Wildman–Crippen LogP) is 4.44. The molecule has 3 N–H and O–H groups in total. The van der Waals surface area contributed by atoms with Crippen LogP contribution < -0.4 is 29.7 Å². The van der Waals surface area contributed by atoms with Crippen LogP contribution in [0.3, 0.4) is 0 Å². The van der Waals surface area contributed by atoms with E-state index in [1.54, 1.807) is 14.0 Å². The van der Waals surface area contributed by atoms with Crippen LogP contribution in [-0.2, 0) is 29.1 Å². The Labute approximate surface area is 346 Å². The molecule has 3 heterocycles. The predicted molar refractivity (Wildman–Crippen MR) is 220 cm³/mol.